The van der Waals surface area contributed by atoms with Crippen molar-refractivity contribution in [1.29, 1.82) is 0 Å². The van der Waals surface area contributed by atoms with Crippen LogP contribution in [0.3, 0.4) is 0 Å². The van der Waals surface area contributed by atoms with Gasteiger partial charge < -0.3 is 15.8 Å². The maximum atomic E-state index is 11.7. The van der Waals surface area contributed by atoms with Crippen molar-refractivity contribution in [3.05, 3.63) is 29.8 Å². The zero-order chi connectivity index (χ0) is 13.5. The molecule has 1 aromatic rings. The fourth-order valence-corrected chi connectivity index (χ4v) is 1.82. The van der Waals surface area contributed by atoms with Gasteiger partial charge in [0.05, 0.1) is 6.42 Å². The normalized spacial score (nSPS) is 13.6. The van der Waals surface area contributed by atoms with Crippen molar-refractivity contribution in [2.75, 3.05) is 25.5 Å². The lowest BCUT2D eigenvalue weighted by molar-refractivity contribution is -0.120. The number of nitrogens with one attached hydrogen (secondary N) is 1. The summed E-state index contributed by atoms with van der Waals surface area (Å²) in [5, 5.41) is 2.90. The van der Waals surface area contributed by atoms with Gasteiger partial charge in [-0.2, -0.15) is 0 Å². The molecule has 1 amide bonds. The maximum absolute atomic E-state index is 11.7. The van der Waals surface area contributed by atoms with Gasteiger partial charge in [-0.05, 0) is 42.9 Å². The number of benzene rings is 1. The zero-order valence-electron chi connectivity index (χ0n) is 11.6. The predicted molar refractivity (Wildman–Crippen MR) is 83.0 cm³/mol. The Balaban J connectivity index is 0.00000200. The number of amides is 1. The number of nitrogens with two attached hydrogens (primary N) is 1. The lowest BCUT2D eigenvalue weighted by Crippen LogP contribution is -2.26. The molecular formula is C15H23ClN2O2. The molecule has 2 rings (SSSR count). The molecule has 0 unspecified atom stereocenters. The number of hydrogen-bond donors (Lipinski definition) is 2. The van der Waals surface area contributed by atoms with Crippen molar-refractivity contribution in [2.24, 2.45) is 5.92 Å². The van der Waals surface area contributed by atoms with Crippen LogP contribution in [0.5, 0.6) is 0 Å². The summed E-state index contributed by atoms with van der Waals surface area (Å²) in [5.74, 6) is 0.854. The number of carbonyl (C=O) groups excluding carboxylic acids is 1. The van der Waals surface area contributed by atoms with E-state index in [-0.39, 0.29) is 18.3 Å². The second kappa shape index (κ2) is 8.82. The molecule has 0 atom stereocenters. The van der Waals surface area contributed by atoms with Crippen LogP contribution in [0.1, 0.15) is 24.8 Å². The molecule has 1 fully saturated rings. The highest BCUT2D eigenvalue weighted by atomic mass is 35.5. The van der Waals surface area contributed by atoms with Gasteiger partial charge in [0, 0.05) is 25.4 Å². The first kappa shape index (κ1) is 16.8. The van der Waals surface area contributed by atoms with Crippen LogP contribution in [-0.4, -0.2) is 25.7 Å². The molecule has 0 bridgehead atoms. The quantitative estimate of drug-likeness (QED) is 0.571. The Bertz CT molecular complexity index is 405. The smallest absolute Gasteiger partial charge is 0.224 e. The van der Waals surface area contributed by atoms with E-state index in [9.17, 15) is 4.79 Å². The highest BCUT2D eigenvalue weighted by Gasteiger charge is 2.20. The number of carbonyl (C=O) groups is 1. The molecule has 0 saturated heterocycles. The standard InChI is InChI=1S/C15H22N2O2.ClH/c16-14-6-4-12(5-7-14)10-15(18)17-8-1-9-19-11-13-2-3-13;/h4-7,13H,1-3,8-11,16H2,(H,17,18);1H. The topological polar surface area (TPSA) is 64.4 Å². The Morgan fingerprint density at radius 3 is 2.65 bits per heavy atom. The van der Waals surface area contributed by atoms with Crippen LogP contribution in [0.25, 0.3) is 0 Å². The first-order valence-electron chi connectivity index (χ1n) is 6.93. The lowest BCUT2D eigenvalue weighted by Gasteiger charge is -2.06. The average molecular weight is 299 g/mol. The first-order chi connectivity index (χ1) is 9.24. The van der Waals surface area contributed by atoms with E-state index in [0.717, 1.165) is 36.8 Å². The van der Waals surface area contributed by atoms with E-state index < -0.39 is 0 Å². The van der Waals surface area contributed by atoms with Gasteiger partial charge in [-0.1, -0.05) is 12.1 Å². The zero-order valence-corrected chi connectivity index (χ0v) is 12.5. The average Bonchev–Trinajstić information content (AvgIpc) is 3.20. The Kier molecular flexibility index (Phi) is 7.41. The molecule has 3 N–H and O–H groups in total. The minimum Gasteiger partial charge on any atom is -0.399 e. The van der Waals surface area contributed by atoms with E-state index in [1.165, 1.54) is 12.8 Å². The molecule has 0 aromatic heterocycles. The van der Waals surface area contributed by atoms with Gasteiger partial charge in [0.2, 0.25) is 5.91 Å². The molecule has 0 aliphatic heterocycles. The molecule has 5 heteroatoms. The van der Waals surface area contributed by atoms with Crippen LogP contribution >= 0.6 is 12.4 Å². The fraction of sp³-hybridized carbons (Fsp3) is 0.533. The highest BCUT2D eigenvalue weighted by Crippen LogP contribution is 2.28. The number of hydrogen-bond acceptors (Lipinski definition) is 3. The van der Waals surface area contributed by atoms with Crippen LogP contribution in [0.15, 0.2) is 24.3 Å². The maximum Gasteiger partial charge on any atom is 0.224 e. The van der Waals surface area contributed by atoms with E-state index in [1.807, 2.05) is 24.3 Å². The second-order valence-electron chi connectivity index (χ2n) is 5.14. The van der Waals surface area contributed by atoms with E-state index >= 15 is 0 Å². The largest absolute Gasteiger partial charge is 0.399 e. The predicted octanol–water partition coefficient (Wildman–Crippen LogP) is 2.17. The van der Waals surface area contributed by atoms with Crippen LogP contribution in [0.2, 0.25) is 0 Å². The van der Waals surface area contributed by atoms with Gasteiger partial charge in [-0.15, -0.1) is 12.4 Å². The van der Waals surface area contributed by atoms with Crippen LogP contribution < -0.4 is 11.1 Å². The summed E-state index contributed by atoms with van der Waals surface area (Å²) in [7, 11) is 0. The SMILES string of the molecule is Cl.Nc1ccc(CC(=O)NCCCOCC2CC2)cc1. The number of anilines is 1. The van der Waals surface area contributed by atoms with Crippen molar-refractivity contribution < 1.29 is 9.53 Å². The number of nitrogen functional groups attached to an aromatic ring is 1. The Labute approximate surface area is 126 Å². The minimum absolute atomic E-state index is 0. The highest BCUT2D eigenvalue weighted by molar-refractivity contribution is 5.85. The molecule has 1 aliphatic rings. The van der Waals surface area contributed by atoms with Crippen LogP contribution in [0.4, 0.5) is 5.69 Å². The van der Waals surface area contributed by atoms with Crippen LogP contribution in [-0.2, 0) is 16.0 Å². The number of ether oxygens (including phenoxy) is 1. The molecule has 112 valence electrons. The summed E-state index contributed by atoms with van der Waals surface area (Å²) in [6, 6.07) is 7.39. The van der Waals surface area contributed by atoms with Gasteiger partial charge in [-0.25, -0.2) is 0 Å². The third-order valence-electron chi connectivity index (χ3n) is 3.18. The van der Waals surface area contributed by atoms with Crippen molar-refractivity contribution in [3.63, 3.8) is 0 Å². The van der Waals surface area contributed by atoms with Gasteiger partial charge >= 0.3 is 0 Å². The van der Waals surface area contributed by atoms with Crippen molar-refractivity contribution in [2.45, 2.75) is 25.7 Å². The Morgan fingerprint density at radius 1 is 1.30 bits per heavy atom. The molecule has 4 nitrogen and oxygen atoms in total. The van der Waals surface area contributed by atoms with Crippen molar-refractivity contribution in [1.82, 2.24) is 5.32 Å². The van der Waals surface area contributed by atoms with Crippen LogP contribution in [0, 0.1) is 5.92 Å². The van der Waals surface area contributed by atoms with Gasteiger partial charge in [0.25, 0.3) is 0 Å². The fourth-order valence-electron chi connectivity index (χ4n) is 1.82. The molecule has 0 heterocycles. The summed E-state index contributed by atoms with van der Waals surface area (Å²) >= 11 is 0. The van der Waals surface area contributed by atoms with E-state index in [0.29, 0.717) is 13.0 Å². The minimum atomic E-state index is 0. The summed E-state index contributed by atoms with van der Waals surface area (Å²) < 4.78 is 5.51. The lowest BCUT2D eigenvalue weighted by atomic mass is 10.1. The summed E-state index contributed by atoms with van der Waals surface area (Å²) in [4.78, 5) is 11.7. The number of halogens is 1. The van der Waals surface area contributed by atoms with Crippen molar-refractivity contribution >= 4 is 24.0 Å². The Morgan fingerprint density at radius 2 is 2.00 bits per heavy atom. The van der Waals surface area contributed by atoms with Gasteiger partial charge in [0.1, 0.15) is 0 Å². The molecule has 0 radical (unpaired) electrons. The Hall–Kier alpha value is -1.26. The molecule has 1 aliphatic carbocycles. The molecule has 1 saturated carbocycles. The van der Waals surface area contributed by atoms with Crippen molar-refractivity contribution in [3.8, 4) is 0 Å². The van der Waals surface area contributed by atoms with Gasteiger partial charge in [0.15, 0.2) is 0 Å². The molecule has 20 heavy (non-hydrogen) atoms. The summed E-state index contributed by atoms with van der Waals surface area (Å²) in [6.45, 7) is 2.30. The molecular weight excluding hydrogens is 276 g/mol. The first-order valence-corrected chi connectivity index (χ1v) is 6.93. The third kappa shape index (κ3) is 6.78. The molecule has 0 spiro atoms. The van der Waals surface area contributed by atoms with Gasteiger partial charge in [-0.3, -0.25) is 4.79 Å². The number of rotatable bonds is 8. The third-order valence-corrected chi connectivity index (χ3v) is 3.18. The van der Waals surface area contributed by atoms with E-state index in [2.05, 4.69) is 5.32 Å². The second-order valence-corrected chi connectivity index (χ2v) is 5.14. The summed E-state index contributed by atoms with van der Waals surface area (Å²) in [5.41, 5.74) is 7.30. The summed E-state index contributed by atoms with van der Waals surface area (Å²) in [6.07, 6.45) is 3.92. The van der Waals surface area contributed by atoms with E-state index in [4.69, 9.17) is 10.5 Å². The molecule has 1 aromatic carbocycles. The van der Waals surface area contributed by atoms with E-state index in [1.54, 1.807) is 0 Å². The monoisotopic (exact) mass is 298 g/mol.